The van der Waals surface area contributed by atoms with E-state index in [1.54, 1.807) is 0 Å². The topological polar surface area (TPSA) is 43.8 Å². The number of rotatable bonds is 3. The maximum absolute atomic E-state index is 11.4. The summed E-state index contributed by atoms with van der Waals surface area (Å²) >= 11 is 0. The number of likely N-dealkylation sites (N-methyl/N-ethyl adjacent to an activating group) is 1. The van der Waals surface area contributed by atoms with Crippen molar-refractivity contribution in [2.45, 2.75) is 50.2 Å². The molecule has 2 heterocycles. The normalized spacial score (nSPS) is 36.8. The maximum atomic E-state index is 11.4. The molecule has 0 aromatic carbocycles. The number of carboxylic acid groups (broad SMARTS) is 1. The third kappa shape index (κ3) is 2.08. The van der Waals surface area contributed by atoms with Crippen LogP contribution in [-0.2, 0) is 4.79 Å². The summed E-state index contributed by atoms with van der Waals surface area (Å²) < 4.78 is 0. The van der Waals surface area contributed by atoms with Gasteiger partial charge in [-0.3, -0.25) is 14.6 Å². The molecule has 17 heavy (non-hydrogen) atoms. The molecule has 4 nitrogen and oxygen atoms in total. The third-order valence-corrected chi connectivity index (χ3v) is 4.89. The number of hydrogen-bond acceptors (Lipinski definition) is 3. The standard InChI is InChI=1S/C13H22N2O2/c1-14-10-4-5-11(14)8-15(7-6-10)12(13(16)17)9-2-3-9/h9-12H,2-8H2,1H3,(H,16,17). The van der Waals surface area contributed by atoms with Gasteiger partial charge in [-0.2, -0.15) is 0 Å². The van der Waals surface area contributed by atoms with Gasteiger partial charge in [0.2, 0.25) is 0 Å². The zero-order valence-corrected chi connectivity index (χ0v) is 10.5. The largest absolute Gasteiger partial charge is 0.480 e. The molecular weight excluding hydrogens is 216 g/mol. The van der Waals surface area contributed by atoms with E-state index < -0.39 is 5.97 Å². The maximum Gasteiger partial charge on any atom is 0.321 e. The molecule has 4 heteroatoms. The van der Waals surface area contributed by atoms with Crippen molar-refractivity contribution in [1.29, 1.82) is 0 Å². The van der Waals surface area contributed by atoms with Crippen LogP contribution in [0.4, 0.5) is 0 Å². The summed E-state index contributed by atoms with van der Waals surface area (Å²) in [6, 6.07) is 1.07. The molecule has 1 N–H and O–H groups in total. The van der Waals surface area contributed by atoms with Crippen molar-refractivity contribution in [2.75, 3.05) is 20.1 Å². The van der Waals surface area contributed by atoms with Gasteiger partial charge >= 0.3 is 5.97 Å². The Morgan fingerprint density at radius 2 is 1.88 bits per heavy atom. The van der Waals surface area contributed by atoms with Crippen molar-refractivity contribution in [3.63, 3.8) is 0 Å². The Labute approximate surface area is 103 Å². The van der Waals surface area contributed by atoms with E-state index in [2.05, 4.69) is 16.8 Å². The molecule has 1 aliphatic carbocycles. The lowest BCUT2D eigenvalue weighted by Gasteiger charge is -2.30. The predicted molar refractivity (Wildman–Crippen MR) is 64.9 cm³/mol. The fourth-order valence-corrected chi connectivity index (χ4v) is 3.66. The molecule has 3 atom stereocenters. The van der Waals surface area contributed by atoms with E-state index in [4.69, 9.17) is 0 Å². The SMILES string of the molecule is CN1C2CCC1CN(C(C(=O)O)C1CC1)CC2. The van der Waals surface area contributed by atoms with Gasteiger partial charge < -0.3 is 5.11 Å². The molecule has 2 bridgehead atoms. The lowest BCUT2D eigenvalue weighted by molar-refractivity contribution is -0.144. The quantitative estimate of drug-likeness (QED) is 0.797. The van der Waals surface area contributed by atoms with E-state index in [0.717, 1.165) is 32.4 Å². The zero-order chi connectivity index (χ0) is 12.0. The Balaban J connectivity index is 1.73. The smallest absolute Gasteiger partial charge is 0.321 e. The number of carboxylic acids is 1. The number of nitrogens with zero attached hydrogens (tertiary/aromatic N) is 2. The Kier molecular flexibility index (Phi) is 2.87. The van der Waals surface area contributed by atoms with Crippen LogP contribution in [0.25, 0.3) is 0 Å². The van der Waals surface area contributed by atoms with Gasteiger partial charge in [0.15, 0.2) is 0 Å². The van der Waals surface area contributed by atoms with Crippen LogP contribution in [0, 0.1) is 5.92 Å². The van der Waals surface area contributed by atoms with E-state index in [1.807, 2.05) is 0 Å². The van der Waals surface area contributed by atoms with E-state index in [1.165, 1.54) is 12.8 Å². The molecule has 3 aliphatic rings. The minimum Gasteiger partial charge on any atom is -0.480 e. The molecule has 96 valence electrons. The summed E-state index contributed by atoms with van der Waals surface area (Å²) in [6.07, 6.45) is 5.91. The Morgan fingerprint density at radius 1 is 1.18 bits per heavy atom. The average Bonchev–Trinajstić information content (AvgIpc) is 3.01. The van der Waals surface area contributed by atoms with E-state index >= 15 is 0 Å². The van der Waals surface area contributed by atoms with Crippen LogP contribution in [0.3, 0.4) is 0 Å². The van der Waals surface area contributed by atoms with Gasteiger partial charge in [-0.1, -0.05) is 0 Å². The lowest BCUT2D eigenvalue weighted by atomic mass is 10.0. The molecule has 0 spiro atoms. The molecule has 0 aromatic rings. The first-order chi connectivity index (χ1) is 8.16. The molecular formula is C13H22N2O2. The van der Waals surface area contributed by atoms with Crippen LogP contribution in [0.2, 0.25) is 0 Å². The Hall–Kier alpha value is -0.610. The predicted octanol–water partition coefficient (Wildman–Crippen LogP) is 1.02. The van der Waals surface area contributed by atoms with Crippen LogP contribution >= 0.6 is 0 Å². The summed E-state index contributed by atoms with van der Waals surface area (Å²) in [5, 5.41) is 9.41. The van der Waals surface area contributed by atoms with Gasteiger partial charge in [0, 0.05) is 25.2 Å². The van der Waals surface area contributed by atoms with Crippen molar-refractivity contribution >= 4 is 5.97 Å². The molecule has 1 saturated carbocycles. The number of aliphatic carboxylic acids is 1. The molecule has 0 aromatic heterocycles. The molecule has 3 unspecified atom stereocenters. The van der Waals surface area contributed by atoms with Crippen molar-refractivity contribution < 1.29 is 9.90 Å². The fourth-order valence-electron chi connectivity index (χ4n) is 3.66. The third-order valence-electron chi connectivity index (χ3n) is 4.89. The van der Waals surface area contributed by atoms with E-state index in [-0.39, 0.29) is 6.04 Å². The molecule has 0 amide bonds. The minimum atomic E-state index is -0.604. The Bertz CT molecular complexity index is 317. The summed E-state index contributed by atoms with van der Waals surface area (Å²) in [7, 11) is 2.21. The van der Waals surface area contributed by atoms with Gasteiger partial charge in [-0.15, -0.1) is 0 Å². The average molecular weight is 238 g/mol. The highest BCUT2D eigenvalue weighted by Gasteiger charge is 2.44. The number of fused-ring (bicyclic) bond motifs is 2. The van der Waals surface area contributed by atoms with Crippen LogP contribution in [0.5, 0.6) is 0 Å². The van der Waals surface area contributed by atoms with Gasteiger partial charge in [-0.05, 0) is 45.1 Å². The first-order valence-corrected chi connectivity index (χ1v) is 6.85. The zero-order valence-electron chi connectivity index (χ0n) is 10.5. The van der Waals surface area contributed by atoms with Crippen molar-refractivity contribution in [1.82, 2.24) is 9.80 Å². The molecule has 2 aliphatic heterocycles. The second-order valence-electron chi connectivity index (χ2n) is 5.95. The first kappa shape index (κ1) is 11.5. The number of carbonyl (C=O) groups is 1. The summed E-state index contributed by atoms with van der Waals surface area (Å²) in [4.78, 5) is 16.2. The monoisotopic (exact) mass is 238 g/mol. The number of likely N-dealkylation sites (tertiary alicyclic amines) is 1. The van der Waals surface area contributed by atoms with Gasteiger partial charge in [0.1, 0.15) is 6.04 Å². The van der Waals surface area contributed by atoms with Gasteiger partial charge in [0.25, 0.3) is 0 Å². The second kappa shape index (κ2) is 4.25. The molecule has 3 rings (SSSR count). The van der Waals surface area contributed by atoms with E-state index in [0.29, 0.717) is 18.0 Å². The highest BCUT2D eigenvalue weighted by atomic mass is 16.4. The second-order valence-corrected chi connectivity index (χ2v) is 5.95. The van der Waals surface area contributed by atoms with Crippen LogP contribution in [0.15, 0.2) is 0 Å². The van der Waals surface area contributed by atoms with Crippen molar-refractivity contribution in [3.8, 4) is 0 Å². The lowest BCUT2D eigenvalue weighted by Crippen LogP contribution is -2.47. The van der Waals surface area contributed by atoms with Gasteiger partial charge in [-0.25, -0.2) is 0 Å². The summed E-state index contributed by atoms with van der Waals surface area (Å²) in [5.74, 6) is -0.178. The fraction of sp³-hybridized carbons (Fsp3) is 0.923. The first-order valence-electron chi connectivity index (χ1n) is 6.85. The van der Waals surface area contributed by atoms with Gasteiger partial charge in [0.05, 0.1) is 0 Å². The summed E-state index contributed by atoms with van der Waals surface area (Å²) in [5.41, 5.74) is 0. The van der Waals surface area contributed by atoms with Crippen molar-refractivity contribution in [3.05, 3.63) is 0 Å². The Morgan fingerprint density at radius 3 is 2.53 bits per heavy atom. The molecule has 2 saturated heterocycles. The van der Waals surface area contributed by atoms with Crippen LogP contribution < -0.4 is 0 Å². The highest BCUT2D eigenvalue weighted by molar-refractivity contribution is 5.74. The molecule has 3 fully saturated rings. The van der Waals surface area contributed by atoms with Crippen LogP contribution in [0.1, 0.15) is 32.1 Å². The van der Waals surface area contributed by atoms with E-state index in [9.17, 15) is 9.90 Å². The number of hydrogen-bond donors (Lipinski definition) is 1. The molecule has 0 radical (unpaired) electrons. The van der Waals surface area contributed by atoms with Crippen molar-refractivity contribution in [2.24, 2.45) is 5.92 Å². The highest BCUT2D eigenvalue weighted by Crippen LogP contribution is 2.38. The summed E-state index contributed by atoms with van der Waals surface area (Å²) in [6.45, 7) is 1.93. The minimum absolute atomic E-state index is 0.206. The van der Waals surface area contributed by atoms with Crippen LogP contribution in [-0.4, -0.2) is 59.1 Å².